The van der Waals surface area contributed by atoms with Crippen LogP contribution in [0.2, 0.25) is 0 Å². The summed E-state index contributed by atoms with van der Waals surface area (Å²) in [6, 6.07) is 4.94. The van der Waals surface area contributed by atoms with E-state index in [0.717, 1.165) is 11.1 Å². The number of imidazole rings is 1. The molecular formula is C21H27N3O5. The summed E-state index contributed by atoms with van der Waals surface area (Å²) in [5.74, 6) is -0.987. The topological polar surface area (TPSA) is 99.4 Å². The number of nitrogens with one attached hydrogen (secondary N) is 1. The van der Waals surface area contributed by atoms with E-state index in [1.807, 2.05) is 39.0 Å². The van der Waals surface area contributed by atoms with Crippen molar-refractivity contribution in [2.75, 3.05) is 0 Å². The minimum atomic E-state index is -0.693. The van der Waals surface area contributed by atoms with Gasteiger partial charge in [-0.1, -0.05) is 6.07 Å². The number of hydrogen-bond acceptors (Lipinski definition) is 5. The number of fused-ring (bicyclic) bond motifs is 1. The first-order valence-corrected chi connectivity index (χ1v) is 9.82. The quantitative estimate of drug-likeness (QED) is 0.610. The Balaban J connectivity index is 1.78. The van der Waals surface area contributed by atoms with Crippen molar-refractivity contribution in [3.8, 4) is 0 Å². The van der Waals surface area contributed by atoms with Crippen LogP contribution >= 0.6 is 0 Å². The summed E-state index contributed by atoms with van der Waals surface area (Å²) in [6.45, 7) is 5.52. The number of aryl methyl sites for hydroxylation is 2. The maximum Gasteiger partial charge on any atom is 0.329 e. The lowest BCUT2D eigenvalue weighted by atomic mass is 10.0. The van der Waals surface area contributed by atoms with E-state index in [4.69, 9.17) is 4.74 Å². The lowest BCUT2D eigenvalue weighted by Crippen LogP contribution is -2.44. The third-order valence-corrected chi connectivity index (χ3v) is 4.94. The fourth-order valence-electron chi connectivity index (χ4n) is 3.62. The normalized spacial score (nSPS) is 17.4. The van der Waals surface area contributed by atoms with Crippen LogP contribution in [0.4, 0.5) is 0 Å². The van der Waals surface area contributed by atoms with Crippen LogP contribution in [0, 0.1) is 0 Å². The lowest BCUT2D eigenvalue weighted by molar-refractivity contribution is -0.155. The van der Waals surface area contributed by atoms with Gasteiger partial charge >= 0.3 is 11.7 Å². The van der Waals surface area contributed by atoms with Crippen molar-refractivity contribution in [3.63, 3.8) is 0 Å². The Labute approximate surface area is 168 Å². The molecule has 3 rings (SSSR count). The van der Waals surface area contributed by atoms with Crippen LogP contribution in [-0.2, 0) is 32.6 Å². The van der Waals surface area contributed by atoms with Crippen molar-refractivity contribution in [2.45, 2.75) is 64.5 Å². The van der Waals surface area contributed by atoms with Gasteiger partial charge in [-0.15, -0.1) is 0 Å². The molecule has 1 aromatic carbocycles. The minimum absolute atomic E-state index is 0.210. The van der Waals surface area contributed by atoms with Crippen LogP contribution in [-0.4, -0.2) is 32.5 Å². The van der Waals surface area contributed by atoms with E-state index in [1.54, 1.807) is 7.05 Å². The van der Waals surface area contributed by atoms with Crippen molar-refractivity contribution < 1.29 is 19.1 Å². The number of benzene rings is 1. The van der Waals surface area contributed by atoms with Crippen LogP contribution in [0.5, 0.6) is 0 Å². The number of imide groups is 1. The minimum Gasteiger partial charge on any atom is -0.460 e. The Morgan fingerprint density at radius 2 is 1.93 bits per heavy atom. The fraction of sp³-hybridized carbons (Fsp3) is 0.524. The van der Waals surface area contributed by atoms with Crippen LogP contribution in [0.1, 0.15) is 58.1 Å². The SMILES string of the molecule is Cn1c(=O)n(C2CCC(=O)NC2=O)c2ccc(CCCC(=O)OC(C)(C)C)cc21. The van der Waals surface area contributed by atoms with Gasteiger partial charge < -0.3 is 4.74 Å². The molecule has 2 amide bonds. The molecule has 0 aliphatic carbocycles. The van der Waals surface area contributed by atoms with Gasteiger partial charge in [0.05, 0.1) is 11.0 Å². The van der Waals surface area contributed by atoms with Gasteiger partial charge in [-0.05, 0) is 57.7 Å². The van der Waals surface area contributed by atoms with Crippen LogP contribution in [0.25, 0.3) is 11.0 Å². The molecule has 1 fully saturated rings. The summed E-state index contributed by atoms with van der Waals surface area (Å²) in [5, 5.41) is 2.30. The zero-order chi connectivity index (χ0) is 21.3. The van der Waals surface area contributed by atoms with Crippen molar-refractivity contribution in [3.05, 3.63) is 34.2 Å². The van der Waals surface area contributed by atoms with Crippen LogP contribution < -0.4 is 11.0 Å². The van der Waals surface area contributed by atoms with Gasteiger partial charge in [0.1, 0.15) is 11.6 Å². The number of carbonyl (C=O) groups excluding carboxylic acids is 3. The van der Waals surface area contributed by atoms with E-state index in [0.29, 0.717) is 31.2 Å². The van der Waals surface area contributed by atoms with E-state index >= 15 is 0 Å². The van der Waals surface area contributed by atoms with E-state index < -0.39 is 17.6 Å². The molecule has 1 unspecified atom stereocenters. The number of ether oxygens (including phenoxy) is 1. The maximum atomic E-state index is 12.8. The summed E-state index contributed by atoms with van der Waals surface area (Å²) in [6.07, 6.45) is 2.16. The second-order valence-corrected chi connectivity index (χ2v) is 8.44. The predicted octanol–water partition coefficient (Wildman–Crippen LogP) is 1.98. The van der Waals surface area contributed by atoms with Gasteiger partial charge in [-0.2, -0.15) is 0 Å². The third kappa shape index (κ3) is 4.58. The number of amides is 2. The molecule has 1 aliphatic heterocycles. The molecule has 1 aromatic heterocycles. The molecule has 2 aromatic rings. The summed E-state index contributed by atoms with van der Waals surface area (Å²) in [7, 11) is 1.66. The number of carbonyl (C=O) groups is 3. The van der Waals surface area contributed by atoms with Gasteiger partial charge in [0.25, 0.3) is 0 Å². The highest BCUT2D eigenvalue weighted by Gasteiger charge is 2.31. The number of rotatable bonds is 5. The number of aromatic nitrogens is 2. The molecule has 2 heterocycles. The van der Waals surface area contributed by atoms with Crippen molar-refractivity contribution in [2.24, 2.45) is 7.05 Å². The van der Waals surface area contributed by atoms with Gasteiger partial charge in [-0.25, -0.2) is 4.79 Å². The number of hydrogen-bond donors (Lipinski definition) is 1. The Kier molecular flexibility index (Phi) is 5.64. The maximum absolute atomic E-state index is 12.8. The molecule has 1 saturated heterocycles. The second kappa shape index (κ2) is 7.85. The average molecular weight is 401 g/mol. The Hall–Kier alpha value is -2.90. The summed E-state index contributed by atoms with van der Waals surface area (Å²) < 4.78 is 8.29. The third-order valence-electron chi connectivity index (χ3n) is 4.94. The van der Waals surface area contributed by atoms with Gasteiger partial charge in [0, 0.05) is 19.9 Å². The lowest BCUT2D eigenvalue weighted by Gasteiger charge is -2.21. The van der Waals surface area contributed by atoms with Crippen molar-refractivity contribution in [1.82, 2.24) is 14.5 Å². The number of piperidine rings is 1. The van der Waals surface area contributed by atoms with Crippen molar-refractivity contribution >= 4 is 28.8 Å². The van der Waals surface area contributed by atoms with E-state index in [2.05, 4.69) is 5.32 Å². The highest BCUT2D eigenvalue weighted by molar-refractivity contribution is 6.00. The van der Waals surface area contributed by atoms with Crippen LogP contribution in [0.3, 0.4) is 0 Å². The Bertz CT molecular complexity index is 1030. The van der Waals surface area contributed by atoms with Gasteiger partial charge in [0.15, 0.2) is 0 Å². The first kappa shape index (κ1) is 20.8. The molecule has 1 aliphatic rings. The molecule has 0 saturated carbocycles. The van der Waals surface area contributed by atoms with E-state index in [9.17, 15) is 19.2 Å². The molecule has 0 radical (unpaired) electrons. The summed E-state index contributed by atoms with van der Waals surface area (Å²) in [5.41, 5.74) is 1.59. The second-order valence-electron chi connectivity index (χ2n) is 8.44. The predicted molar refractivity (Wildman–Crippen MR) is 107 cm³/mol. The van der Waals surface area contributed by atoms with E-state index in [1.165, 1.54) is 9.13 Å². The smallest absolute Gasteiger partial charge is 0.329 e. The molecule has 156 valence electrons. The Morgan fingerprint density at radius 1 is 1.21 bits per heavy atom. The number of nitrogens with zero attached hydrogens (tertiary/aromatic N) is 2. The fourth-order valence-corrected chi connectivity index (χ4v) is 3.62. The molecule has 8 heteroatoms. The average Bonchev–Trinajstić information content (AvgIpc) is 2.85. The molecule has 29 heavy (non-hydrogen) atoms. The first-order valence-electron chi connectivity index (χ1n) is 9.82. The largest absolute Gasteiger partial charge is 0.460 e. The molecule has 8 nitrogen and oxygen atoms in total. The zero-order valence-electron chi connectivity index (χ0n) is 17.3. The van der Waals surface area contributed by atoms with Gasteiger partial charge in [-0.3, -0.25) is 28.8 Å². The molecule has 1 N–H and O–H groups in total. The highest BCUT2D eigenvalue weighted by atomic mass is 16.6. The monoisotopic (exact) mass is 401 g/mol. The van der Waals surface area contributed by atoms with E-state index in [-0.39, 0.29) is 24.0 Å². The van der Waals surface area contributed by atoms with Crippen molar-refractivity contribution in [1.29, 1.82) is 0 Å². The summed E-state index contributed by atoms with van der Waals surface area (Å²) >= 11 is 0. The number of esters is 1. The standard InChI is InChI=1S/C21H27N3O5/c1-21(2,3)29-18(26)7-5-6-13-8-9-14-16(12-13)23(4)20(28)24(14)15-10-11-17(25)22-19(15)27/h8-9,12,15H,5-7,10-11H2,1-4H3,(H,22,25,27). The molecule has 1 atom stereocenters. The summed E-state index contributed by atoms with van der Waals surface area (Å²) in [4.78, 5) is 48.3. The Morgan fingerprint density at radius 3 is 2.59 bits per heavy atom. The molecule has 0 spiro atoms. The van der Waals surface area contributed by atoms with Crippen LogP contribution in [0.15, 0.2) is 23.0 Å². The highest BCUT2D eigenvalue weighted by Crippen LogP contribution is 2.24. The molecule has 0 bridgehead atoms. The first-order chi connectivity index (χ1) is 13.6. The zero-order valence-corrected chi connectivity index (χ0v) is 17.3. The molecular weight excluding hydrogens is 374 g/mol. The van der Waals surface area contributed by atoms with Gasteiger partial charge in [0.2, 0.25) is 11.8 Å².